The first kappa shape index (κ1) is 12.8. The largest absolute Gasteiger partial charge is 0.454 e. The summed E-state index contributed by atoms with van der Waals surface area (Å²) in [6.07, 6.45) is 2.22. The first-order chi connectivity index (χ1) is 10.3. The number of halogens is 1. The molecule has 21 heavy (non-hydrogen) atoms. The fourth-order valence-electron chi connectivity index (χ4n) is 3.02. The van der Waals surface area contributed by atoms with Gasteiger partial charge in [-0.2, -0.15) is 0 Å². The summed E-state index contributed by atoms with van der Waals surface area (Å²) in [5, 5.41) is 4.43. The second-order valence-electron chi connectivity index (χ2n) is 5.60. The highest BCUT2D eigenvalue weighted by molar-refractivity contribution is 6.31. The molecular formula is C17H16ClNO2. The lowest BCUT2D eigenvalue weighted by Gasteiger charge is -2.37. The quantitative estimate of drug-likeness (QED) is 0.910. The molecule has 4 rings (SSSR count). The predicted octanol–water partition coefficient (Wildman–Crippen LogP) is 4.43. The van der Waals surface area contributed by atoms with Gasteiger partial charge in [0, 0.05) is 22.8 Å². The summed E-state index contributed by atoms with van der Waals surface area (Å²) < 4.78 is 10.7. The summed E-state index contributed by atoms with van der Waals surface area (Å²) in [6.45, 7) is 0.316. The average molecular weight is 302 g/mol. The molecule has 0 radical (unpaired) electrons. The maximum Gasteiger partial charge on any atom is 0.231 e. The van der Waals surface area contributed by atoms with Crippen LogP contribution in [0.5, 0.6) is 11.5 Å². The normalized spacial score (nSPS) is 22.7. The van der Waals surface area contributed by atoms with Crippen molar-refractivity contribution in [2.75, 3.05) is 12.1 Å². The van der Waals surface area contributed by atoms with Crippen LogP contribution in [0.3, 0.4) is 0 Å². The molecule has 108 valence electrons. The van der Waals surface area contributed by atoms with E-state index in [0.29, 0.717) is 18.8 Å². The molecule has 0 saturated heterocycles. The van der Waals surface area contributed by atoms with Crippen molar-refractivity contribution in [2.24, 2.45) is 0 Å². The van der Waals surface area contributed by atoms with Crippen LogP contribution in [0, 0.1) is 0 Å². The van der Waals surface area contributed by atoms with Crippen LogP contribution in [-0.4, -0.2) is 12.8 Å². The molecule has 3 nitrogen and oxygen atoms in total. The van der Waals surface area contributed by atoms with Gasteiger partial charge in [0.1, 0.15) is 0 Å². The van der Waals surface area contributed by atoms with E-state index >= 15 is 0 Å². The van der Waals surface area contributed by atoms with Crippen molar-refractivity contribution in [1.82, 2.24) is 0 Å². The summed E-state index contributed by atoms with van der Waals surface area (Å²) in [6, 6.07) is 14.6. The molecule has 1 aliphatic heterocycles. The molecule has 1 saturated carbocycles. The summed E-state index contributed by atoms with van der Waals surface area (Å²) in [7, 11) is 0. The number of hydrogen-bond acceptors (Lipinski definition) is 3. The zero-order valence-corrected chi connectivity index (χ0v) is 12.3. The molecule has 0 unspecified atom stereocenters. The number of hydrogen-bond donors (Lipinski definition) is 1. The number of anilines is 1. The topological polar surface area (TPSA) is 30.5 Å². The Hall–Kier alpha value is -1.87. The fourth-order valence-corrected chi connectivity index (χ4v) is 3.31. The van der Waals surface area contributed by atoms with Gasteiger partial charge in [-0.3, -0.25) is 0 Å². The van der Waals surface area contributed by atoms with Crippen molar-refractivity contribution in [3.8, 4) is 11.5 Å². The lowest BCUT2D eigenvalue weighted by atomic mass is 9.76. The average Bonchev–Trinajstić information content (AvgIpc) is 2.91. The van der Waals surface area contributed by atoms with Crippen LogP contribution in [0.25, 0.3) is 0 Å². The highest BCUT2D eigenvalue weighted by Gasteiger charge is 2.31. The Morgan fingerprint density at radius 1 is 1.00 bits per heavy atom. The summed E-state index contributed by atoms with van der Waals surface area (Å²) in [5.41, 5.74) is 2.35. The van der Waals surface area contributed by atoms with Crippen LogP contribution >= 0.6 is 11.6 Å². The van der Waals surface area contributed by atoms with Crippen molar-refractivity contribution >= 4 is 17.3 Å². The number of ether oxygens (including phenoxy) is 2. The van der Waals surface area contributed by atoms with E-state index in [2.05, 4.69) is 17.4 Å². The van der Waals surface area contributed by atoms with Gasteiger partial charge in [-0.15, -0.1) is 0 Å². The Kier molecular flexibility index (Phi) is 3.15. The van der Waals surface area contributed by atoms with Crippen LogP contribution < -0.4 is 14.8 Å². The van der Waals surface area contributed by atoms with Crippen LogP contribution in [0.1, 0.15) is 24.3 Å². The smallest absolute Gasteiger partial charge is 0.231 e. The molecule has 0 bridgehead atoms. The molecule has 0 amide bonds. The Labute approximate surface area is 128 Å². The lowest BCUT2D eigenvalue weighted by molar-refractivity contribution is 0.174. The minimum atomic E-state index is 0.316. The highest BCUT2D eigenvalue weighted by Crippen LogP contribution is 2.42. The van der Waals surface area contributed by atoms with Crippen molar-refractivity contribution in [3.63, 3.8) is 0 Å². The van der Waals surface area contributed by atoms with E-state index in [-0.39, 0.29) is 0 Å². The van der Waals surface area contributed by atoms with E-state index in [0.717, 1.165) is 35.1 Å². The van der Waals surface area contributed by atoms with Crippen molar-refractivity contribution in [3.05, 3.63) is 53.1 Å². The van der Waals surface area contributed by atoms with Crippen molar-refractivity contribution < 1.29 is 9.47 Å². The molecule has 2 aromatic rings. The zero-order chi connectivity index (χ0) is 14.2. The molecule has 2 aliphatic rings. The SMILES string of the molecule is Clc1ccccc1C1CC(Nc2ccc3c(c2)OCO3)C1. The van der Waals surface area contributed by atoms with Crippen LogP contribution in [0.2, 0.25) is 5.02 Å². The van der Waals surface area contributed by atoms with Gasteiger partial charge in [0.2, 0.25) is 6.79 Å². The van der Waals surface area contributed by atoms with E-state index in [9.17, 15) is 0 Å². The standard InChI is InChI=1S/C17H16ClNO2/c18-15-4-2-1-3-14(15)11-7-13(8-11)19-12-5-6-16-17(9-12)21-10-20-16/h1-6,9,11,13,19H,7-8,10H2. The Balaban J connectivity index is 1.39. The zero-order valence-electron chi connectivity index (χ0n) is 11.5. The minimum Gasteiger partial charge on any atom is -0.454 e. The minimum absolute atomic E-state index is 0.316. The number of benzene rings is 2. The maximum absolute atomic E-state index is 6.25. The second-order valence-corrected chi connectivity index (χ2v) is 6.01. The van der Waals surface area contributed by atoms with E-state index < -0.39 is 0 Å². The number of fused-ring (bicyclic) bond motifs is 1. The van der Waals surface area contributed by atoms with Crippen LogP contribution in [0.15, 0.2) is 42.5 Å². The Morgan fingerprint density at radius 2 is 1.81 bits per heavy atom. The van der Waals surface area contributed by atoms with Gasteiger partial charge in [0.25, 0.3) is 0 Å². The molecule has 0 atom stereocenters. The van der Waals surface area contributed by atoms with E-state index in [1.807, 2.05) is 30.3 Å². The van der Waals surface area contributed by atoms with E-state index in [4.69, 9.17) is 21.1 Å². The molecule has 4 heteroatoms. The monoisotopic (exact) mass is 301 g/mol. The van der Waals surface area contributed by atoms with Gasteiger partial charge in [-0.05, 0) is 42.5 Å². The Bertz CT molecular complexity index is 668. The first-order valence-corrected chi connectivity index (χ1v) is 7.58. The van der Waals surface area contributed by atoms with Gasteiger partial charge in [-0.1, -0.05) is 29.8 Å². The molecule has 1 N–H and O–H groups in total. The third-order valence-electron chi connectivity index (χ3n) is 4.23. The third-order valence-corrected chi connectivity index (χ3v) is 4.57. The third kappa shape index (κ3) is 2.42. The fraction of sp³-hybridized carbons (Fsp3) is 0.294. The highest BCUT2D eigenvalue weighted by atomic mass is 35.5. The second kappa shape index (κ2) is 5.15. The molecule has 0 spiro atoms. The molecule has 1 heterocycles. The van der Waals surface area contributed by atoms with Crippen LogP contribution in [-0.2, 0) is 0 Å². The first-order valence-electron chi connectivity index (χ1n) is 7.20. The number of nitrogens with one attached hydrogen (secondary N) is 1. The number of rotatable bonds is 3. The predicted molar refractivity (Wildman–Crippen MR) is 83.4 cm³/mol. The summed E-state index contributed by atoms with van der Waals surface area (Å²) in [5.74, 6) is 2.20. The lowest BCUT2D eigenvalue weighted by Crippen LogP contribution is -2.34. The van der Waals surface area contributed by atoms with Gasteiger partial charge in [-0.25, -0.2) is 0 Å². The van der Waals surface area contributed by atoms with Gasteiger partial charge >= 0.3 is 0 Å². The molecule has 2 aromatic carbocycles. The van der Waals surface area contributed by atoms with Gasteiger partial charge in [0.05, 0.1) is 0 Å². The van der Waals surface area contributed by atoms with Gasteiger partial charge in [0.15, 0.2) is 11.5 Å². The summed E-state index contributed by atoms with van der Waals surface area (Å²) in [4.78, 5) is 0. The van der Waals surface area contributed by atoms with Crippen molar-refractivity contribution in [1.29, 1.82) is 0 Å². The summed E-state index contributed by atoms with van der Waals surface area (Å²) >= 11 is 6.25. The maximum atomic E-state index is 6.25. The van der Waals surface area contributed by atoms with Crippen LogP contribution in [0.4, 0.5) is 5.69 Å². The van der Waals surface area contributed by atoms with Gasteiger partial charge < -0.3 is 14.8 Å². The molecule has 0 aromatic heterocycles. The van der Waals surface area contributed by atoms with E-state index in [1.165, 1.54) is 5.56 Å². The molecule has 1 fully saturated rings. The van der Waals surface area contributed by atoms with Crippen molar-refractivity contribution in [2.45, 2.75) is 24.8 Å². The molecular weight excluding hydrogens is 286 g/mol. The Morgan fingerprint density at radius 3 is 2.67 bits per heavy atom. The van der Waals surface area contributed by atoms with E-state index in [1.54, 1.807) is 0 Å². The molecule has 1 aliphatic carbocycles.